The maximum absolute atomic E-state index is 13.1. The second-order valence-corrected chi connectivity index (χ2v) is 3.05. The van der Waals surface area contributed by atoms with Crippen molar-refractivity contribution in [1.29, 1.82) is 0 Å². The van der Waals surface area contributed by atoms with Crippen LogP contribution in [0.15, 0.2) is 12.1 Å². The Kier molecular flexibility index (Phi) is 5.83. The topological polar surface area (TPSA) is 32.3 Å². The molecular formula is C9H10B2ClF2NO. The first-order valence-corrected chi connectivity index (χ1v) is 4.91. The average Bonchev–Trinajstić information content (AvgIpc) is 2.21. The molecule has 1 aromatic rings. The van der Waals surface area contributed by atoms with Gasteiger partial charge in [0.15, 0.2) is 5.82 Å². The Bertz CT molecular complexity index is 358. The van der Waals surface area contributed by atoms with Crippen LogP contribution in [-0.4, -0.2) is 26.3 Å². The normalized spacial score (nSPS) is 10.4. The van der Waals surface area contributed by atoms with Crippen LogP contribution < -0.4 is 5.32 Å². The zero-order valence-corrected chi connectivity index (χ0v) is 9.65. The Morgan fingerprint density at radius 1 is 1.31 bits per heavy atom. The maximum atomic E-state index is 13.1. The average molecular weight is 243 g/mol. The highest BCUT2D eigenvalue weighted by Crippen LogP contribution is 2.26. The minimum absolute atomic E-state index is 0.288. The van der Waals surface area contributed by atoms with Crippen molar-refractivity contribution in [2.45, 2.75) is 19.4 Å². The SMILES string of the molecule is CC.[B]C([B])(O)Nc1ccc(F)c(Cl)c1F. The number of hydrogen-bond acceptors (Lipinski definition) is 2. The summed E-state index contributed by atoms with van der Waals surface area (Å²) in [6.45, 7) is 4.00. The van der Waals surface area contributed by atoms with Crippen LogP contribution in [0, 0.1) is 11.6 Å². The zero-order chi connectivity index (χ0) is 12.9. The Hall–Kier alpha value is -0.740. The first kappa shape index (κ1) is 15.3. The summed E-state index contributed by atoms with van der Waals surface area (Å²) in [6.07, 6.45) is 0. The Labute approximate surface area is 101 Å². The standard InChI is InChI=1S/C7H4B2ClF2NO.C2H6/c8-7(9,14)13-4-2-1-3(11)5(10)6(4)12;1-2/h1-2,13-14H;1-2H3. The summed E-state index contributed by atoms with van der Waals surface area (Å²) >= 11 is 5.26. The molecule has 0 heterocycles. The van der Waals surface area contributed by atoms with Crippen LogP contribution in [0.25, 0.3) is 0 Å². The summed E-state index contributed by atoms with van der Waals surface area (Å²) < 4.78 is 25.8. The first-order chi connectivity index (χ1) is 7.31. The lowest BCUT2D eigenvalue weighted by Gasteiger charge is -2.22. The van der Waals surface area contributed by atoms with E-state index in [2.05, 4.69) is 0 Å². The quantitative estimate of drug-likeness (QED) is 0.473. The molecule has 0 saturated carbocycles. The van der Waals surface area contributed by atoms with E-state index in [-0.39, 0.29) is 5.69 Å². The molecule has 4 radical (unpaired) electrons. The third-order valence-corrected chi connectivity index (χ3v) is 1.72. The fraction of sp³-hybridized carbons (Fsp3) is 0.333. The predicted octanol–water partition coefficient (Wildman–Crippen LogP) is 2.00. The molecule has 0 saturated heterocycles. The van der Waals surface area contributed by atoms with Gasteiger partial charge in [0.1, 0.15) is 26.5 Å². The number of nitrogens with one attached hydrogen (secondary N) is 1. The van der Waals surface area contributed by atoms with Crippen LogP contribution in [0.4, 0.5) is 14.5 Å². The molecule has 0 aliphatic rings. The van der Waals surface area contributed by atoms with Gasteiger partial charge in [-0.25, -0.2) is 8.78 Å². The van der Waals surface area contributed by atoms with Gasteiger partial charge >= 0.3 is 0 Å². The fourth-order valence-electron chi connectivity index (χ4n) is 0.838. The summed E-state index contributed by atoms with van der Waals surface area (Å²) in [5.41, 5.74) is -2.58. The van der Waals surface area contributed by atoms with Gasteiger partial charge in [0, 0.05) is 5.52 Å². The molecule has 1 rings (SSSR count). The van der Waals surface area contributed by atoms with E-state index in [4.69, 9.17) is 32.4 Å². The lowest BCUT2D eigenvalue weighted by molar-refractivity contribution is 0.242. The van der Waals surface area contributed by atoms with Crippen molar-refractivity contribution in [2.24, 2.45) is 0 Å². The number of benzene rings is 1. The van der Waals surface area contributed by atoms with Crippen molar-refractivity contribution in [2.75, 3.05) is 5.32 Å². The van der Waals surface area contributed by atoms with Gasteiger partial charge in [0.25, 0.3) is 0 Å². The molecule has 84 valence electrons. The third kappa shape index (κ3) is 4.41. The molecule has 16 heavy (non-hydrogen) atoms. The Morgan fingerprint density at radius 3 is 2.25 bits per heavy atom. The van der Waals surface area contributed by atoms with E-state index in [9.17, 15) is 8.78 Å². The van der Waals surface area contributed by atoms with Gasteiger partial charge in [-0.15, -0.1) is 0 Å². The van der Waals surface area contributed by atoms with Gasteiger partial charge in [0.05, 0.1) is 5.69 Å². The lowest BCUT2D eigenvalue weighted by Crippen LogP contribution is -2.39. The highest BCUT2D eigenvalue weighted by molar-refractivity contribution is 6.40. The second kappa shape index (κ2) is 6.11. The molecule has 2 nitrogen and oxygen atoms in total. The van der Waals surface area contributed by atoms with Gasteiger partial charge < -0.3 is 10.4 Å². The largest absolute Gasteiger partial charge is 0.390 e. The van der Waals surface area contributed by atoms with Crippen LogP contribution in [0.1, 0.15) is 13.8 Å². The van der Waals surface area contributed by atoms with E-state index in [1.54, 1.807) is 0 Å². The smallest absolute Gasteiger partial charge is 0.167 e. The van der Waals surface area contributed by atoms with Crippen LogP contribution in [0.2, 0.25) is 5.02 Å². The summed E-state index contributed by atoms with van der Waals surface area (Å²) in [6, 6.07) is 1.93. The Morgan fingerprint density at radius 2 is 1.81 bits per heavy atom. The molecule has 0 fully saturated rings. The summed E-state index contributed by atoms with van der Waals surface area (Å²) in [5.74, 6) is -1.98. The number of halogens is 3. The number of aliphatic hydroxyl groups is 1. The maximum Gasteiger partial charge on any atom is 0.167 e. The highest BCUT2D eigenvalue weighted by Gasteiger charge is 2.16. The van der Waals surface area contributed by atoms with Crippen LogP contribution in [0.5, 0.6) is 0 Å². The molecule has 1 aromatic carbocycles. The minimum Gasteiger partial charge on any atom is -0.390 e. The molecule has 2 N–H and O–H groups in total. The summed E-state index contributed by atoms with van der Waals surface area (Å²) in [4.78, 5) is 0. The molecular weight excluding hydrogens is 233 g/mol. The van der Waals surface area contributed by atoms with Gasteiger partial charge in [-0.2, -0.15) is 0 Å². The van der Waals surface area contributed by atoms with Crippen LogP contribution in [-0.2, 0) is 0 Å². The minimum atomic E-state index is -2.29. The van der Waals surface area contributed by atoms with Crippen molar-refractivity contribution >= 4 is 33.0 Å². The molecule has 0 aromatic heterocycles. The van der Waals surface area contributed by atoms with E-state index in [0.717, 1.165) is 12.1 Å². The van der Waals surface area contributed by atoms with Gasteiger partial charge in [0.2, 0.25) is 0 Å². The van der Waals surface area contributed by atoms with Crippen molar-refractivity contribution < 1.29 is 13.9 Å². The Balaban J connectivity index is 0.00000106. The van der Waals surface area contributed by atoms with Crippen molar-refractivity contribution in [3.05, 3.63) is 28.8 Å². The molecule has 0 unspecified atom stereocenters. The van der Waals surface area contributed by atoms with E-state index < -0.39 is 22.2 Å². The van der Waals surface area contributed by atoms with E-state index in [1.165, 1.54) is 0 Å². The van der Waals surface area contributed by atoms with Crippen molar-refractivity contribution in [3.63, 3.8) is 0 Å². The van der Waals surface area contributed by atoms with E-state index >= 15 is 0 Å². The van der Waals surface area contributed by atoms with Gasteiger partial charge in [-0.05, 0) is 12.1 Å². The van der Waals surface area contributed by atoms with Crippen LogP contribution >= 0.6 is 11.6 Å². The third-order valence-electron chi connectivity index (χ3n) is 1.37. The van der Waals surface area contributed by atoms with Gasteiger partial charge in [-0.3, -0.25) is 0 Å². The molecule has 0 amide bonds. The fourth-order valence-corrected chi connectivity index (χ4v) is 1.00. The first-order valence-electron chi connectivity index (χ1n) is 4.53. The van der Waals surface area contributed by atoms with Gasteiger partial charge in [-0.1, -0.05) is 25.4 Å². The molecule has 0 spiro atoms. The molecule has 7 heteroatoms. The van der Waals surface area contributed by atoms with Crippen molar-refractivity contribution in [1.82, 2.24) is 0 Å². The number of hydrogen-bond donors (Lipinski definition) is 2. The molecule has 0 aliphatic heterocycles. The molecule has 0 bridgehead atoms. The highest BCUT2D eigenvalue weighted by atomic mass is 35.5. The number of anilines is 1. The number of rotatable bonds is 2. The van der Waals surface area contributed by atoms with E-state index in [1.807, 2.05) is 19.2 Å². The zero-order valence-electron chi connectivity index (χ0n) is 8.89. The summed E-state index contributed by atoms with van der Waals surface area (Å²) in [5, 5.41) is 10.2. The monoisotopic (exact) mass is 243 g/mol. The predicted molar refractivity (Wildman–Crippen MR) is 62.8 cm³/mol. The van der Waals surface area contributed by atoms with E-state index in [0.29, 0.717) is 0 Å². The summed E-state index contributed by atoms with van der Waals surface area (Å²) in [7, 11) is 9.89. The molecule has 0 atom stereocenters. The molecule has 0 aliphatic carbocycles. The van der Waals surface area contributed by atoms with Crippen molar-refractivity contribution in [3.8, 4) is 0 Å². The lowest BCUT2D eigenvalue weighted by atomic mass is 9.73. The van der Waals surface area contributed by atoms with Crippen LogP contribution in [0.3, 0.4) is 0 Å². The second-order valence-electron chi connectivity index (χ2n) is 2.67.